The molecule has 28 nitrogen and oxygen atoms in total. The Kier molecular flexibility index (Phi) is 17.9. The summed E-state index contributed by atoms with van der Waals surface area (Å²) in [5.41, 5.74) is 0.733. The number of hydrogen-bond donors (Lipinski definition) is 13. The number of thiol groups is 1. The summed E-state index contributed by atoms with van der Waals surface area (Å²) in [4.78, 5) is 27.4. The second kappa shape index (κ2) is 23.8. The molecule has 0 aliphatic heterocycles. The highest BCUT2D eigenvalue weighted by molar-refractivity contribution is 7.89. The van der Waals surface area contributed by atoms with Crippen molar-refractivity contribution in [3.63, 3.8) is 0 Å². The van der Waals surface area contributed by atoms with E-state index in [1.165, 1.54) is 82.6 Å². The van der Waals surface area contributed by atoms with Crippen LogP contribution in [0.15, 0.2) is 99.6 Å². The third kappa shape index (κ3) is 15.1. The number of benzene rings is 4. The molecule has 384 valence electrons. The smallest absolute Gasteiger partial charge is 0.295 e. The maximum Gasteiger partial charge on any atom is 0.295 e. The molecule has 0 spiro atoms. The van der Waals surface area contributed by atoms with E-state index in [1.54, 1.807) is 0 Å². The van der Waals surface area contributed by atoms with Gasteiger partial charge in [0.25, 0.3) is 20.2 Å². The van der Waals surface area contributed by atoms with Gasteiger partial charge in [0.1, 0.15) is 9.79 Å². The lowest BCUT2D eigenvalue weighted by molar-refractivity contribution is 0.279. The molecule has 0 radical (unpaired) electrons. The number of sulfonamides is 1. The SMILES string of the molecule is NS(=O)(=O)c1ccc(Nc2nc(Nc3ccc(C=Cc4ccc(Nc5nc(Nc6ccc(N[SH](=O)=O)cc6)nc(N(CCO)CCO)n5)cc4S(=O)(=O)O)c(S(=O)(=O)O)c3)nc(N(CCO)CCO)n2)cc1. The van der Waals surface area contributed by atoms with E-state index in [-0.39, 0.29) is 121 Å². The summed E-state index contributed by atoms with van der Waals surface area (Å²) >= 11 is 0. The number of aliphatic hydroxyl groups is 4. The topological polar surface area (TPSA) is 428 Å². The zero-order valence-corrected chi connectivity index (χ0v) is 40.5. The molecule has 2 aromatic heterocycles. The predicted molar refractivity (Wildman–Crippen MR) is 265 cm³/mol. The van der Waals surface area contributed by atoms with Crippen LogP contribution in [0.1, 0.15) is 11.1 Å². The van der Waals surface area contributed by atoms with E-state index in [4.69, 9.17) is 5.14 Å². The van der Waals surface area contributed by atoms with Gasteiger partial charge in [0, 0.05) is 54.6 Å². The lowest BCUT2D eigenvalue weighted by atomic mass is 10.1. The van der Waals surface area contributed by atoms with Gasteiger partial charge >= 0.3 is 0 Å². The molecule has 4 aromatic carbocycles. The fourth-order valence-corrected chi connectivity index (χ4v) is 8.74. The zero-order valence-electron chi connectivity index (χ0n) is 37.2. The second-order valence-corrected chi connectivity index (χ2v) is 19.8. The van der Waals surface area contributed by atoms with Crippen LogP contribution in [0.2, 0.25) is 0 Å². The highest BCUT2D eigenvalue weighted by atomic mass is 32.2. The van der Waals surface area contributed by atoms with Crippen LogP contribution in [0.25, 0.3) is 12.2 Å². The number of primary sulfonamides is 1. The Hall–Kier alpha value is -7.24. The minimum atomic E-state index is -5.01. The first-order valence-corrected chi connectivity index (χ1v) is 26.3. The molecular formula is C40H46N14O14S4. The Morgan fingerprint density at radius 3 is 1.12 bits per heavy atom. The molecule has 0 unspecified atom stereocenters. The van der Waals surface area contributed by atoms with Crippen molar-refractivity contribution in [1.82, 2.24) is 29.9 Å². The van der Waals surface area contributed by atoms with Crippen molar-refractivity contribution in [3.8, 4) is 0 Å². The first-order valence-electron chi connectivity index (χ1n) is 20.7. The van der Waals surface area contributed by atoms with Gasteiger partial charge in [0.05, 0.1) is 31.3 Å². The predicted octanol–water partition coefficient (Wildman–Crippen LogP) is 0.863. The third-order valence-corrected chi connectivity index (χ3v) is 12.8. The Morgan fingerprint density at radius 2 is 0.806 bits per heavy atom. The Morgan fingerprint density at radius 1 is 0.486 bits per heavy atom. The summed E-state index contributed by atoms with van der Waals surface area (Å²) < 4.78 is 120. The van der Waals surface area contributed by atoms with E-state index < -0.39 is 50.9 Å². The number of nitrogens with one attached hydrogen (secondary N) is 5. The lowest BCUT2D eigenvalue weighted by Gasteiger charge is -2.21. The Balaban J connectivity index is 1.30. The molecule has 32 heteroatoms. The molecule has 0 saturated heterocycles. The van der Waals surface area contributed by atoms with E-state index in [1.807, 2.05) is 0 Å². The van der Waals surface area contributed by atoms with Gasteiger partial charge in [-0.1, -0.05) is 24.3 Å². The summed E-state index contributed by atoms with van der Waals surface area (Å²) in [6.45, 7) is -1.48. The Labute approximate surface area is 413 Å². The van der Waals surface area contributed by atoms with Gasteiger partial charge in [-0.05, 0) is 83.9 Å². The zero-order chi connectivity index (χ0) is 52.2. The van der Waals surface area contributed by atoms with Crippen LogP contribution >= 0.6 is 0 Å². The molecule has 2 heterocycles. The number of anilines is 11. The van der Waals surface area contributed by atoms with Crippen molar-refractivity contribution in [3.05, 3.63) is 96.1 Å². The molecule has 72 heavy (non-hydrogen) atoms. The number of aromatic nitrogens is 6. The van der Waals surface area contributed by atoms with Gasteiger partial charge in [-0.15, -0.1) is 0 Å². The lowest BCUT2D eigenvalue weighted by Crippen LogP contribution is -2.31. The standard InChI is InChI=1S/C40H46N14O14S4/c41-70(61,62)32-13-11-28(12-14-32)43-36-47-38(51-40(49-36)54(17-21-57)18-22-58)45-31-6-4-26(34(24-31)72(66,67)68)2-1-25-3-5-30(23-33(25)71(63,64)65)44-37-46-35(48-39(50-37)53(15-19-55)16-20-56)42-27-7-9-29(10-8-27)52-69(59)60/h1-14,23-24,55-58,69H,15-22H2,(H2,41,61,62)(H,52,59,60)(H,63,64,65)(H,66,67,68)(H2,42,44,46,48,50)(H2,43,45,47,49,51). The molecule has 0 bridgehead atoms. The van der Waals surface area contributed by atoms with Gasteiger partial charge in [0.15, 0.2) is 0 Å². The van der Waals surface area contributed by atoms with E-state index in [0.29, 0.717) is 11.4 Å². The van der Waals surface area contributed by atoms with Crippen molar-refractivity contribution in [2.24, 2.45) is 5.14 Å². The fraction of sp³-hybridized carbons (Fsp3) is 0.200. The van der Waals surface area contributed by atoms with E-state index >= 15 is 0 Å². The number of nitrogens with two attached hydrogens (primary N) is 1. The third-order valence-electron chi connectivity index (χ3n) is 9.63. The number of aliphatic hydroxyl groups excluding tert-OH is 4. The number of hydrogen-bond acceptors (Lipinski definition) is 24. The molecule has 6 aromatic rings. The minimum Gasteiger partial charge on any atom is -0.395 e. The number of rotatable bonds is 25. The summed E-state index contributed by atoms with van der Waals surface area (Å²) in [5, 5.41) is 55.4. The first kappa shape index (κ1) is 54.1. The van der Waals surface area contributed by atoms with Crippen LogP contribution in [0.5, 0.6) is 0 Å². The van der Waals surface area contributed by atoms with Gasteiger partial charge < -0.3 is 51.5 Å². The summed E-state index contributed by atoms with van der Waals surface area (Å²) in [6.07, 6.45) is 2.32. The van der Waals surface area contributed by atoms with Crippen molar-refractivity contribution < 1.29 is 63.2 Å². The summed E-state index contributed by atoms with van der Waals surface area (Å²) in [5.74, 6) is -0.637. The second-order valence-electron chi connectivity index (χ2n) is 14.7. The molecule has 0 aliphatic carbocycles. The minimum absolute atomic E-state index is 0.00570. The fourth-order valence-electron chi connectivity index (χ4n) is 6.45. The normalized spacial score (nSPS) is 11.9. The first-order chi connectivity index (χ1) is 34.1. The quantitative estimate of drug-likeness (QED) is 0.0215. The monoisotopic (exact) mass is 1070 g/mol. The molecule has 0 atom stereocenters. The van der Waals surface area contributed by atoms with Crippen LogP contribution in [-0.2, 0) is 41.1 Å². The van der Waals surface area contributed by atoms with E-state index in [0.717, 1.165) is 24.3 Å². The van der Waals surface area contributed by atoms with E-state index in [9.17, 15) is 63.2 Å². The van der Waals surface area contributed by atoms with Crippen molar-refractivity contribution in [2.75, 3.05) is 88.4 Å². The Bertz CT molecular complexity index is 3320. The molecule has 0 fully saturated rings. The van der Waals surface area contributed by atoms with Gasteiger partial charge in [0.2, 0.25) is 56.6 Å². The van der Waals surface area contributed by atoms with Gasteiger partial charge in [-0.25, -0.2) is 22.0 Å². The van der Waals surface area contributed by atoms with Crippen LogP contribution in [-0.4, -0.2) is 146 Å². The molecule has 0 saturated carbocycles. The molecule has 6 rings (SSSR count). The van der Waals surface area contributed by atoms with E-state index in [2.05, 4.69) is 55.9 Å². The molecule has 13 N–H and O–H groups in total. The highest BCUT2D eigenvalue weighted by Crippen LogP contribution is 2.30. The maximum absolute atomic E-state index is 12.8. The summed E-state index contributed by atoms with van der Waals surface area (Å²) in [6, 6.07) is 18.5. The van der Waals surface area contributed by atoms with Crippen LogP contribution in [0, 0.1) is 0 Å². The largest absolute Gasteiger partial charge is 0.395 e. The van der Waals surface area contributed by atoms with Crippen molar-refractivity contribution in [1.29, 1.82) is 0 Å². The maximum atomic E-state index is 12.8. The van der Waals surface area contributed by atoms with Gasteiger partial charge in [-0.3, -0.25) is 13.8 Å². The van der Waals surface area contributed by atoms with Crippen LogP contribution < -0.4 is 40.9 Å². The van der Waals surface area contributed by atoms with Crippen molar-refractivity contribution in [2.45, 2.75) is 14.7 Å². The van der Waals surface area contributed by atoms with Crippen LogP contribution in [0.3, 0.4) is 0 Å². The van der Waals surface area contributed by atoms with Gasteiger partial charge in [-0.2, -0.15) is 46.7 Å². The molecular weight excluding hydrogens is 1030 g/mol. The average molecular weight is 1080 g/mol. The average Bonchev–Trinajstić information content (AvgIpc) is 3.31. The number of nitrogens with zero attached hydrogens (tertiary/aromatic N) is 8. The summed E-state index contributed by atoms with van der Waals surface area (Å²) in [7, 11) is -16.9. The molecule has 0 aliphatic rings. The van der Waals surface area contributed by atoms with Crippen molar-refractivity contribution >= 4 is 117 Å². The van der Waals surface area contributed by atoms with Crippen LogP contribution in [0.4, 0.5) is 64.1 Å². The molecule has 0 amide bonds. The highest BCUT2D eigenvalue weighted by Gasteiger charge is 2.21.